The van der Waals surface area contributed by atoms with Crippen LogP contribution in [-0.4, -0.2) is 22.8 Å². The van der Waals surface area contributed by atoms with Crippen molar-refractivity contribution in [2.24, 2.45) is 0 Å². The molecule has 6 nitrogen and oxygen atoms in total. The highest BCUT2D eigenvalue weighted by Gasteiger charge is 2.42. The van der Waals surface area contributed by atoms with Gasteiger partial charge in [0.2, 0.25) is 11.8 Å². The molecule has 3 rings (SSSR count). The number of rotatable bonds is 5. The summed E-state index contributed by atoms with van der Waals surface area (Å²) in [7, 11) is 0. The van der Waals surface area contributed by atoms with Crippen LogP contribution in [0.25, 0.3) is 0 Å². The largest absolute Gasteiger partial charge is 0.378 e. The van der Waals surface area contributed by atoms with E-state index in [0.717, 1.165) is 11.6 Å². The molecule has 0 bridgehead atoms. The lowest BCUT2D eigenvalue weighted by molar-refractivity contribution is -0.138. The van der Waals surface area contributed by atoms with Crippen molar-refractivity contribution in [3.05, 3.63) is 64.4 Å². The average Bonchev–Trinajstić information content (AvgIpc) is 2.71. The molecule has 2 aromatic carbocycles. The Morgan fingerprint density at radius 1 is 1.28 bits per heavy atom. The van der Waals surface area contributed by atoms with E-state index in [1.54, 1.807) is 24.3 Å². The molecule has 2 atom stereocenters. The van der Waals surface area contributed by atoms with Crippen molar-refractivity contribution < 1.29 is 23.9 Å². The molecule has 152 valence electrons. The van der Waals surface area contributed by atoms with Gasteiger partial charge in [0.05, 0.1) is 10.4 Å². The van der Waals surface area contributed by atoms with Gasteiger partial charge in [0.25, 0.3) is 5.91 Å². The Bertz CT molecular complexity index is 964. The third-order valence-corrected chi connectivity index (χ3v) is 5.57. The summed E-state index contributed by atoms with van der Waals surface area (Å²) in [5, 5.41) is 15.0. The van der Waals surface area contributed by atoms with E-state index in [0.29, 0.717) is 18.5 Å². The first kappa shape index (κ1) is 21.0. The Balaban J connectivity index is 1.74. The summed E-state index contributed by atoms with van der Waals surface area (Å²) in [4.78, 5) is 36.2. The fourth-order valence-electron chi connectivity index (χ4n) is 3.48. The van der Waals surface area contributed by atoms with E-state index < -0.39 is 23.2 Å². The Hall–Kier alpha value is -2.77. The topological polar surface area (TPSA) is 95.5 Å². The summed E-state index contributed by atoms with van der Waals surface area (Å²) in [5.74, 6) is -1.95. The molecule has 8 heteroatoms. The number of aliphatic hydroxyl groups excluding tert-OH is 1. The third kappa shape index (κ3) is 4.16. The van der Waals surface area contributed by atoms with Gasteiger partial charge in [-0.1, -0.05) is 36.7 Å². The lowest BCUT2D eigenvalue weighted by atomic mass is 9.72. The molecule has 3 amide bonds. The van der Waals surface area contributed by atoms with Crippen molar-refractivity contribution >= 4 is 35.0 Å². The highest BCUT2D eigenvalue weighted by Crippen LogP contribution is 2.36. The first-order valence-corrected chi connectivity index (χ1v) is 9.53. The lowest BCUT2D eigenvalue weighted by Gasteiger charge is -2.35. The van der Waals surface area contributed by atoms with Crippen molar-refractivity contribution in [1.29, 1.82) is 0 Å². The number of benzene rings is 2. The number of carbonyl (C=O) groups is 3. The van der Waals surface area contributed by atoms with Crippen LogP contribution in [-0.2, 0) is 19.8 Å². The number of carbonyl (C=O) groups excluding carboxylic acids is 3. The molecule has 1 fully saturated rings. The molecule has 2 aromatic rings. The van der Waals surface area contributed by atoms with Gasteiger partial charge in [0.1, 0.15) is 5.82 Å². The van der Waals surface area contributed by atoms with Gasteiger partial charge in [0, 0.05) is 12.1 Å². The Morgan fingerprint density at radius 2 is 1.97 bits per heavy atom. The van der Waals surface area contributed by atoms with Crippen LogP contribution in [0.15, 0.2) is 42.5 Å². The van der Waals surface area contributed by atoms with Gasteiger partial charge in [-0.2, -0.15) is 0 Å². The zero-order chi connectivity index (χ0) is 21.2. The number of halogens is 2. The zero-order valence-corrected chi connectivity index (χ0v) is 16.4. The van der Waals surface area contributed by atoms with Crippen LogP contribution in [0.4, 0.5) is 10.1 Å². The summed E-state index contributed by atoms with van der Waals surface area (Å²) in [5.41, 5.74) is 0.540. The number of amides is 3. The zero-order valence-electron chi connectivity index (χ0n) is 15.7. The van der Waals surface area contributed by atoms with Gasteiger partial charge < -0.3 is 10.4 Å². The SMILES string of the molecule is CCC1(c2ccc(NC(=O)C(O)c3ccc(F)c(Cl)c3)cc2)CCC(=O)NC1=O. The van der Waals surface area contributed by atoms with Crippen LogP contribution in [0, 0.1) is 5.82 Å². The minimum absolute atomic E-state index is 0.166. The van der Waals surface area contributed by atoms with E-state index in [1.165, 1.54) is 12.1 Å². The fourth-order valence-corrected chi connectivity index (χ4v) is 3.67. The second kappa shape index (κ2) is 8.31. The van der Waals surface area contributed by atoms with Crippen molar-refractivity contribution in [2.75, 3.05) is 5.32 Å². The summed E-state index contributed by atoms with van der Waals surface area (Å²) >= 11 is 5.69. The predicted molar refractivity (Wildman–Crippen MR) is 106 cm³/mol. The molecule has 0 aromatic heterocycles. The monoisotopic (exact) mass is 418 g/mol. The van der Waals surface area contributed by atoms with Crippen LogP contribution < -0.4 is 10.6 Å². The molecule has 2 unspecified atom stereocenters. The second-order valence-electron chi connectivity index (χ2n) is 6.96. The third-order valence-electron chi connectivity index (χ3n) is 5.28. The van der Waals surface area contributed by atoms with E-state index in [4.69, 9.17) is 11.6 Å². The van der Waals surface area contributed by atoms with Gasteiger partial charge in [-0.25, -0.2) is 4.39 Å². The van der Waals surface area contributed by atoms with E-state index in [1.807, 2.05) is 6.92 Å². The Morgan fingerprint density at radius 3 is 2.55 bits per heavy atom. The van der Waals surface area contributed by atoms with Crippen LogP contribution in [0.3, 0.4) is 0 Å². The maximum absolute atomic E-state index is 13.2. The summed E-state index contributed by atoms with van der Waals surface area (Å²) in [6.45, 7) is 1.88. The number of nitrogens with one attached hydrogen (secondary N) is 2. The Labute approximate surface area is 172 Å². The van der Waals surface area contributed by atoms with Gasteiger partial charge in [-0.15, -0.1) is 0 Å². The number of aliphatic hydroxyl groups is 1. The van der Waals surface area contributed by atoms with Crippen molar-refractivity contribution in [2.45, 2.75) is 37.7 Å². The minimum atomic E-state index is -1.52. The lowest BCUT2D eigenvalue weighted by Crippen LogP contribution is -2.51. The number of imide groups is 1. The van der Waals surface area contributed by atoms with E-state index in [2.05, 4.69) is 10.6 Å². The predicted octanol–water partition coefficient (Wildman–Crippen LogP) is 3.24. The van der Waals surface area contributed by atoms with Crippen LogP contribution in [0.2, 0.25) is 5.02 Å². The molecule has 29 heavy (non-hydrogen) atoms. The quantitative estimate of drug-likeness (QED) is 0.649. The standard InChI is InChI=1S/C21H20ClFN2O4/c1-2-21(10-9-17(26)25-20(21)29)13-4-6-14(7-5-13)24-19(28)18(27)12-3-8-16(23)15(22)11-12/h3-8,11,18,27H,2,9-10H2,1H3,(H,24,28)(H,25,26,29). The smallest absolute Gasteiger partial charge is 0.257 e. The molecule has 0 radical (unpaired) electrons. The first-order valence-electron chi connectivity index (χ1n) is 9.15. The van der Waals surface area contributed by atoms with Gasteiger partial charge in [-0.05, 0) is 48.2 Å². The number of anilines is 1. The molecule has 0 spiro atoms. The fraction of sp³-hybridized carbons (Fsp3) is 0.286. The van der Waals surface area contributed by atoms with Gasteiger partial charge >= 0.3 is 0 Å². The van der Waals surface area contributed by atoms with Crippen molar-refractivity contribution in [3.63, 3.8) is 0 Å². The first-order chi connectivity index (χ1) is 13.8. The van der Waals surface area contributed by atoms with Crippen LogP contribution in [0.5, 0.6) is 0 Å². The molecule has 1 heterocycles. The van der Waals surface area contributed by atoms with Crippen LogP contribution >= 0.6 is 11.6 Å². The van der Waals surface area contributed by atoms with Crippen LogP contribution in [0.1, 0.15) is 43.4 Å². The average molecular weight is 419 g/mol. The molecule has 1 saturated heterocycles. The second-order valence-corrected chi connectivity index (χ2v) is 7.36. The molecule has 1 aliphatic heterocycles. The maximum Gasteiger partial charge on any atom is 0.257 e. The Kier molecular flexibility index (Phi) is 6.00. The minimum Gasteiger partial charge on any atom is -0.378 e. The highest BCUT2D eigenvalue weighted by molar-refractivity contribution is 6.30. The van der Waals surface area contributed by atoms with Gasteiger partial charge in [-0.3, -0.25) is 19.7 Å². The van der Waals surface area contributed by atoms with E-state index in [9.17, 15) is 23.9 Å². The molecular weight excluding hydrogens is 399 g/mol. The molecule has 1 aliphatic rings. The summed E-state index contributed by atoms with van der Waals surface area (Å²) < 4.78 is 13.2. The summed E-state index contributed by atoms with van der Waals surface area (Å²) in [6.07, 6.45) is -0.305. The van der Waals surface area contributed by atoms with E-state index in [-0.39, 0.29) is 28.8 Å². The normalized spacial score (nSPS) is 20.1. The van der Waals surface area contributed by atoms with Crippen molar-refractivity contribution in [3.8, 4) is 0 Å². The number of hydrogen-bond donors (Lipinski definition) is 3. The molecule has 3 N–H and O–H groups in total. The van der Waals surface area contributed by atoms with Crippen molar-refractivity contribution in [1.82, 2.24) is 5.32 Å². The maximum atomic E-state index is 13.2. The molecule has 0 aliphatic carbocycles. The summed E-state index contributed by atoms with van der Waals surface area (Å²) in [6, 6.07) is 10.2. The highest BCUT2D eigenvalue weighted by atomic mass is 35.5. The van der Waals surface area contributed by atoms with Gasteiger partial charge in [0.15, 0.2) is 6.10 Å². The van der Waals surface area contributed by atoms with E-state index >= 15 is 0 Å². The number of piperidine rings is 1. The number of hydrogen-bond acceptors (Lipinski definition) is 4. The molecule has 0 saturated carbocycles. The molecular formula is C21H20ClFN2O4.